The Morgan fingerprint density at radius 3 is 2.46 bits per heavy atom. The van der Waals surface area contributed by atoms with Gasteiger partial charge < -0.3 is 0 Å². The Bertz CT molecular complexity index is 589. The first-order chi connectivity index (χ1) is 12.2. The number of fused-ring (bicyclic) bond motifs is 1. The lowest BCUT2D eigenvalue weighted by molar-refractivity contribution is -0.129. The van der Waals surface area contributed by atoms with Crippen LogP contribution in [0.3, 0.4) is 0 Å². The highest BCUT2D eigenvalue weighted by atomic mass is 16.1. The lowest BCUT2D eigenvalue weighted by atomic mass is 9.58. The van der Waals surface area contributed by atoms with Crippen molar-refractivity contribution in [3.63, 3.8) is 0 Å². The van der Waals surface area contributed by atoms with Crippen molar-refractivity contribution < 1.29 is 4.79 Å². The minimum Gasteiger partial charge on any atom is -0.294 e. The van der Waals surface area contributed by atoms with Crippen LogP contribution in [0.25, 0.3) is 0 Å². The molecule has 1 heteroatoms. The quantitative estimate of drug-likeness (QED) is 0.388. The Balaban J connectivity index is 2.01. The summed E-state index contributed by atoms with van der Waals surface area (Å²) in [5.74, 6) is 2.24. The highest BCUT2D eigenvalue weighted by Gasteiger charge is 2.56. The van der Waals surface area contributed by atoms with Crippen LogP contribution in [-0.4, -0.2) is 5.78 Å². The first-order valence-electron chi connectivity index (χ1n) is 11.1. The standard InChI is InChI=1S/C25H40O/c1-7-20-17-23(5)12-9-10-13-24(6,22(26)8-2)21(23)11-14-25(20)15-18(3)19(4)16-25/h8,19-21H,2-3,7,9-17H2,1,4-6H3/t19-,20?,21?,23-,24+,25+/m0/s1. The first kappa shape index (κ1) is 19.9. The normalized spacial score (nSPS) is 46.5. The van der Waals surface area contributed by atoms with Crippen molar-refractivity contribution in [2.24, 2.45) is 34.0 Å². The third-order valence-electron chi connectivity index (χ3n) is 9.04. The zero-order valence-electron chi connectivity index (χ0n) is 17.7. The predicted octanol–water partition coefficient (Wildman–Crippen LogP) is 7.13. The van der Waals surface area contributed by atoms with Gasteiger partial charge in [0.1, 0.15) is 0 Å². The van der Waals surface area contributed by atoms with Crippen LogP contribution in [0.15, 0.2) is 24.8 Å². The van der Waals surface area contributed by atoms with E-state index in [-0.39, 0.29) is 5.41 Å². The summed E-state index contributed by atoms with van der Waals surface area (Å²) in [6, 6.07) is 0. The molecular weight excluding hydrogens is 316 g/mol. The van der Waals surface area contributed by atoms with Crippen molar-refractivity contribution in [1.82, 2.24) is 0 Å². The summed E-state index contributed by atoms with van der Waals surface area (Å²) in [6.45, 7) is 17.8. The fourth-order valence-corrected chi connectivity index (χ4v) is 7.52. The number of ketones is 1. The van der Waals surface area contributed by atoms with E-state index in [0.29, 0.717) is 28.4 Å². The van der Waals surface area contributed by atoms with Crippen LogP contribution in [-0.2, 0) is 4.79 Å². The van der Waals surface area contributed by atoms with E-state index in [2.05, 4.69) is 40.9 Å². The van der Waals surface area contributed by atoms with E-state index in [9.17, 15) is 4.79 Å². The van der Waals surface area contributed by atoms with Gasteiger partial charge in [0.2, 0.25) is 0 Å². The van der Waals surface area contributed by atoms with Crippen molar-refractivity contribution in [3.8, 4) is 0 Å². The number of allylic oxidation sites excluding steroid dienone is 2. The maximum Gasteiger partial charge on any atom is 0.161 e. The molecule has 3 aliphatic carbocycles. The van der Waals surface area contributed by atoms with E-state index in [1.54, 1.807) is 6.08 Å². The maximum absolute atomic E-state index is 13.0. The minimum atomic E-state index is -0.210. The molecule has 0 bridgehead atoms. The molecule has 3 saturated carbocycles. The number of rotatable bonds is 3. The summed E-state index contributed by atoms with van der Waals surface area (Å²) in [4.78, 5) is 13.0. The lowest BCUT2D eigenvalue weighted by Gasteiger charge is -2.45. The Morgan fingerprint density at radius 1 is 1.19 bits per heavy atom. The summed E-state index contributed by atoms with van der Waals surface area (Å²) in [5, 5.41) is 0. The molecule has 0 amide bonds. The smallest absolute Gasteiger partial charge is 0.161 e. The van der Waals surface area contributed by atoms with Gasteiger partial charge in [0.25, 0.3) is 0 Å². The Hall–Kier alpha value is -0.850. The number of hydrogen-bond donors (Lipinski definition) is 0. The molecule has 0 N–H and O–H groups in total. The van der Waals surface area contributed by atoms with Crippen molar-refractivity contribution in [1.29, 1.82) is 0 Å². The summed E-state index contributed by atoms with van der Waals surface area (Å²) in [6.07, 6.45) is 14.0. The molecule has 2 unspecified atom stereocenters. The molecule has 0 aliphatic heterocycles. The number of hydrogen-bond acceptors (Lipinski definition) is 1. The second kappa shape index (κ2) is 6.95. The third-order valence-corrected chi connectivity index (χ3v) is 9.04. The van der Waals surface area contributed by atoms with Crippen LogP contribution in [0.1, 0.15) is 91.9 Å². The van der Waals surface area contributed by atoms with Crippen LogP contribution < -0.4 is 0 Å². The van der Waals surface area contributed by atoms with Gasteiger partial charge in [-0.1, -0.05) is 65.7 Å². The Kier molecular flexibility index (Phi) is 5.32. The average Bonchev–Trinajstić information content (AvgIpc) is 2.75. The molecule has 26 heavy (non-hydrogen) atoms. The van der Waals surface area contributed by atoms with Crippen LogP contribution >= 0.6 is 0 Å². The maximum atomic E-state index is 13.0. The van der Waals surface area contributed by atoms with Crippen molar-refractivity contribution in [2.75, 3.05) is 0 Å². The second-order valence-corrected chi connectivity index (χ2v) is 10.6. The fourth-order valence-electron chi connectivity index (χ4n) is 7.52. The zero-order chi connectivity index (χ0) is 19.2. The summed E-state index contributed by atoms with van der Waals surface area (Å²) >= 11 is 0. The van der Waals surface area contributed by atoms with Crippen molar-refractivity contribution in [2.45, 2.75) is 91.9 Å². The molecular formula is C25H40O. The van der Waals surface area contributed by atoms with Crippen molar-refractivity contribution in [3.05, 3.63) is 24.8 Å². The lowest BCUT2D eigenvalue weighted by Crippen LogP contribution is -2.42. The summed E-state index contributed by atoms with van der Waals surface area (Å²) in [7, 11) is 0. The average molecular weight is 357 g/mol. The predicted molar refractivity (Wildman–Crippen MR) is 111 cm³/mol. The SMILES string of the molecule is C=CC(=O)[C@]1(C)CCCC[C@@]2(C)CC(CC)[C@]3(CCC21)CC(=C)[C@@H](C)C3. The van der Waals surface area contributed by atoms with E-state index in [1.165, 1.54) is 63.4 Å². The van der Waals surface area contributed by atoms with E-state index >= 15 is 0 Å². The fraction of sp³-hybridized carbons (Fsp3) is 0.800. The highest BCUT2D eigenvalue weighted by Crippen LogP contribution is 2.64. The van der Waals surface area contributed by atoms with Crippen LogP contribution in [0, 0.1) is 34.0 Å². The molecule has 3 fully saturated rings. The first-order valence-corrected chi connectivity index (χ1v) is 11.1. The van der Waals surface area contributed by atoms with Crippen LogP contribution in [0.5, 0.6) is 0 Å². The molecule has 0 radical (unpaired) electrons. The molecule has 3 aliphatic rings. The molecule has 0 aromatic carbocycles. The molecule has 6 atom stereocenters. The van der Waals surface area contributed by atoms with Gasteiger partial charge in [0, 0.05) is 5.41 Å². The Morgan fingerprint density at radius 2 is 1.88 bits per heavy atom. The topological polar surface area (TPSA) is 17.1 Å². The van der Waals surface area contributed by atoms with Gasteiger partial charge in [-0.3, -0.25) is 4.79 Å². The molecule has 146 valence electrons. The largest absolute Gasteiger partial charge is 0.294 e. The van der Waals surface area contributed by atoms with Gasteiger partial charge in [-0.15, -0.1) is 0 Å². The Labute approximate surface area is 161 Å². The summed E-state index contributed by atoms with van der Waals surface area (Å²) in [5.41, 5.74) is 2.00. The van der Waals surface area contributed by atoms with Gasteiger partial charge in [-0.2, -0.15) is 0 Å². The van der Waals surface area contributed by atoms with Gasteiger partial charge in [-0.25, -0.2) is 0 Å². The van der Waals surface area contributed by atoms with Crippen LogP contribution in [0.2, 0.25) is 0 Å². The van der Waals surface area contributed by atoms with E-state index in [4.69, 9.17) is 0 Å². The van der Waals surface area contributed by atoms with Gasteiger partial charge >= 0.3 is 0 Å². The minimum absolute atomic E-state index is 0.210. The zero-order valence-corrected chi connectivity index (χ0v) is 17.7. The number of carbonyl (C=O) groups is 1. The third kappa shape index (κ3) is 3.04. The molecule has 0 aromatic heterocycles. The molecule has 1 nitrogen and oxygen atoms in total. The molecule has 3 rings (SSSR count). The highest BCUT2D eigenvalue weighted by molar-refractivity contribution is 5.94. The van der Waals surface area contributed by atoms with Crippen LogP contribution in [0.4, 0.5) is 0 Å². The molecule has 0 heterocycles. The summed E-state index contributed by atoms with van der Waals surface area (Å²) < 4.78 is 0. The van der Waals surface area contributed by atoms with E-state index < -0.39 is 0 Å². The molecule has 0 saturated heterocycles. The van der Waals surface area contributed by atoms with Gasteiger partial charge in [0.15, 0.2) is 5.78 Å². The van der Waals surface area contributed by atoms with Crippen molar-refractivity contribution >= 4 is 5.78 Å². The molecule has 1 spiro atoms. The van der Waals surface area contributed by atoms with E-state index in [1.807, 2.05) is 0 Å². The molecule has 0 aromatic rings. The van der Waals surface area contributed by atoms with E-state index in [0.717, 1.165) is 12.3 Å². The van der Waals surface area contributed by atoms with Gasteiger partial charge in [0.05, 0.1) is 0 Å². The number of carbonyl (C=O) groups excluding carboxylic acids is 1. The monoisotopic (exact) mass is 356 g/mol. The van der Waals surface area contributed by atoms with Gasteiger partial charge in [-0.05, 0) is 79.6 Å². The second-order valence-electron chi connectivity index (χ2n) is 10.6.